The number of aliphatic hydroxyl groups is 1. The summed E-state index contributed by atoms with van der Waals surface area (Å²) in [5.41, 5.74) is -0.141. The molecule has 0 heterocycles. The summed E-state index contributed by atoms with van der Waals surface area (Å²) in [5.74, 6) is -0.628. The molecule has 2 rings (SSSR count). The zero-order valence-corrected chi connectivity index (χ0v) is 12.3. The summed E-state index contributed by atoms with van der Waals surface area (Å²) < 4.78 is 27.5. The van der Waals surface area contributed by atoms with Crippen molar-refractivity contribution in [3.63, 3.8) is 0 Å². The first-order valence-electron chi connectivity index (χ1n) is 7.55. The lowest BCUT2D eigenvalue weighted by atomic mass is 9.72. The molecular formula is C17H24F2O. The molecule has 0 saturated heterocycles. The third-order valence-electron chi connectivity index (χ3n) is 4.58. The molecule has 0 radical (unpaired) electrons. The molecule has 1 atom stereocenters. The molecule has 0 bridgehead atoms. The smallest absolute Gasteiger partial charge is 0.129 e. The Bertz CT molecular complexity index is 430. The molecule has 1 unspecified atom stereocenters. The van der Waals surface area contributed by atoms with Crippen LogP contribution in [0.5, 0.6) is 0 Å². The fourth-order valence-electron chi connectivity index (χ4n) is 3.70. The van der Waals surface area contributed by atoms with Gasteiger partial charge in [-0.05, 0) is 42.7 Å². The van der Waals surface area contributed by atoms with Crippen molar-refractivity contribution < 1.29 is 13.9 Å². The Morgan fingerprint density at radius 2 is 1.70 bits per heavy atom. The minimum atomic E-state index is -0.668. The van der Waals surface area contributed by atoms with E-state index in [4.69, 9.17) is 0 Å². The number of halogens is 2. The maximum atomic E-state index is 13.7. The summed E-state index contributed by atoms with van der Waals surface area (Å²) in [6.07, 6.45) is 4.45. The molecule has 1 aliphatic carbocycles. The predicted molar refractivity (Wildman–Crippen MR) is 76.4 cm³/mol. The van der Waals surface area contributed by atoms with Crippen molar-refractivity contribution in [2.75, 3.05) is 0 Å². The minimum Gasteiger partial charge on any atom is -0.392 e. The van der Waals surface area contributed by atoms with E-state index >= 15 is 0 Å². The molecule has 0 aliphatic heterocycles. The van der Waals surface area contributed by atoms with Crippen LogP contribution in [-0.4, -0.2) is 11.2 Å². The lowest BCUT2D eigenvalue weighted by Crippen LogP contribution is -2.36. The molecule has 1 saturated carbocycles. The Kier molecular flexibility index (Phi) is 4.79. The highest BCUT2D eigenvalue weighted by Gasteiger charge is 2.41. The third-order valence-corrected chi connectivity index (χ3v) is 4.58. The van der Waals surface area contributed by atoms with Gasteiger partial charge in [0.05, 0.1) is 6.10 Å². The monoisotopic (exact) mass is 282 g/mol. The van der Waals surface area contributed by atoms with E-state index in [0.717, 1.165) is 32.1 Å². The summed E-state index contributed by atoms with van der Waals surface area (Å²) in [6, 6.07) is 3.88. The number of hydrogen-bond donors (Lipinski definition) is 1. The summed E-state index contributed by atoms with van der Waals surface area (Å²) in [7, 11) is 0. The van der Waals surface area contributed by atoms with Gasteiger partial charge in [0.25, 0.3) is 0 Å². The number of hydrogen-bond acceptors (Lipinski definition) is 1. The Balaban J connectivity index is 2.19. The van der Waals surface area contributed by atoms with E-state index in [0.29, 0.717) is 5.92 Å². The van der Waals surface area contributed by atoms with Gasteiger partial charge in [0.2, 0.25) is 0 Å². The second kappa shape index (κ2) is 6.21. The molecule has 0 spiro atoms. The van der Waals surface area contributed by atoms with Gasteiger partial charge >= 0.3 is 0 Å². The second-order valence-electron chi connectivity index (χ2n) is 6.59. The molecule has 1 N–H and O–H groups in total. The van der Waals surface area contributed by atoms with Gasteiger partial charge in [-0.1, -0.05) is 32.8 Å². The minimum absolute atomic E-state index is 0.0232. The highest BCUT2D eigenvalue weighted by atomic mass is 19.1. The maximum Gasteiger partial charge on any atom is 0.129 e. The quantitative estimate of drug-likeness (QED) is 0.844. The Morgan fingerprint density at radius 3 is 2.20 bits per heavy atom. The van der Waals surface area contributed by atoms with Gasteiger partial charge in [-0.2, -0.15) is 0 Å². The van der Waals surface area contributed by atoms with Gasteiger partial charge in [-0.3, -0.25) is 0 Å². The predicted octanol–water partition coefficient (Wildman–Crippen LogP) is 4.47. The molecular weight excluding hydrogens is 258 g/mol. The zero-order valence-electron chi connectivity index (χ0n) is 12.3. The van der Waals surface area contributed by atoms with Crippen LogP contribution in [0.1, 0.15) is 51.5 Å². The maximum absolute atomic E-state index is 13.7. The average Bonchev–Trinajstić information content (AvgIpc) is 2.82. The zero-order chi connectivity index (χ0) is 14.8. The SMILES string of the molecule is CC(C)CC1(C(O)Cc2c(F)cccc2F)CCCC1. The lowest BCUT2D eigenvalue weighted by molar-refractivity contribution is 0.0123. The van der Waals surface area contributed by atoms with Crippen LogP contribution in [0.2, 0.25) is 0 Å². The lowest BCUT2D eigenvalue weighted by Gasteiger charge is -2.36. The van der Waals surface area contributed by atoms with E-state index < -0.39 is 17.7 Å². The highest BCUT2D eigenvalue weighted by Crippen LogP contribution is 2.46. The van der Waals surface area contributed by atoms with E-state index in [1.165, 1.54) is 18.2 Å². The van der Waals surface area contributed by atoms with Gasteiger partial charge < -0.3 is 5.11 Å². The molecule has 1 fully saturated rings. The van der Waals surface area contributed by atoms with E-state index in [1.54, 1.807) is 0 Å². The van der Waals surface area contributed by atoms with E-state index in [1.807, 2.05) is 0 Å². The van der Waals surface area contributed by atoms with Crippen molar-refractivity contribution in [2.24, 2.45) is 11.3 Å². The van der Waals surface area contributed by atoms with Crippen LogP contribution in [0.4, 0.5) is 8.78 Å². The molecule has 1 nitrogen and oxygen atoms in total. The Morgan fingerprint density at radius 1 is 1.15 bits per heavy atom. The molecule has 1 aliphatic rings. The number of rotatable bonds is 5. The van der Waals surface area contributed by atoms with Crippen molar-refractivity contribution in [1.82, 2.24) is 0 Å². The van der Waals surface area contributed by atoms with E-state index in [-0.39, 0.29) is 17.4 Å². The Labute approximate surface area is 120 Å². The summed E-state index contributed by atoms with van der Waals surface area (Å²) in [4.78, 5) is 0. The molecule has 1 aromatic rings. The fraction of sp³-hybridized carbons (Fsp3) is 0.647. The molecule has 3 heteroatoms. The van der Waals surface area contributed by atoms with Crippen LogP contribution >= 0.6 is 0 Å². The highest BCUT2D eigenvalue weighted by molar-refractivity contribution is 5.21. The van der Waals surface area contributed by atoms with Crippen molar-refractivity contribution in [2.45, 2.75) is 58.5 Å². The van der Waals surface area contributed by atoms with Crippen molar-refractivity contribution in [3.05, 3.63) is 35.4 Å². The standard InChI is InChI=1S/C17H24F2O/c1-12(2)11-17(8-3-4-9-17)16(20)10-13-14(18)6-5-7-15(13)19/h5-7,12,16,20H,3-4,8-11H2,1-2H3. The number of aliphatic hydroxyl groups excluding tert-OH is 1. The normalized spacial score (nSPS) is 19.5. The average molecular weight is 282 g/mol. The third kappa shape index (κ3) is 3.20. The summed E-state index contributed by atoms with van der Waals surface area (Å²) in [6.45, 7) is 4.27. The van der Waals surface area contributed by atoms with Crippen LogP contribution in [0.25, 0.3) is 0 Å². The van der Waals surface area contributed by atoms with Crippen LogP contribution < -0.4 is 0 Å². The summed E-state index contributed by atoms with van der Waals surface area (Å²) in [5, 5.41) is 10.6. The first-order chi connectivity index (χ1) is 9.44. The van der Waals surface area contributed by atoms with Crippen LogP contribution in [0.15, 0.2) is 18.2 Å². The van der Waals surface area contributed by atoms with Crippen molar-refractivity contribution in [3.8, 4) is 0 Å². The topological polar surface area (TPSA) is 20.2 Å². The van der Waals surface area contributed by atoms with Crippen molar-refractivity contribution in [1.29, 1.82) is 0 Å². The van der Waals surface area contributed by atoms with Crippen LogP contribution in [0.3, 0.4) is 0 Å². The second-order valence-corrected chi connectivity index (χ2v) is 6.59. The van der Waals surface area contributed by atoms with E-state index in [2.05, 4.69) is 13.8 Å². The summed E-state index contributed by atoms with van der Waals surface area (Å²) >= 11 is 0. The van der Waals surface area contributed by atoms with Gasteiger partial charge in [-0.15, -0.1) is 0 Å². The molecule has 112 valence electrons. The fourth-order valence-corrected chi connectivity index (χ4v) is 3.70. The van der Waals surface area contributed by atoms with Gasteiger partial charge in [0.15, 0.2) is 0 Å². The van der Waals surface area contributed by atoms with Gasteiger partial charge in [0.1, 0.15) is 11.6 Å². The molecule has 0 amide bonds. The van der Waals surface area contributed by atoms with Crippen LogP contribution in [-0.2, 0) is 6.42 Å². The first-order valence-corrected chi connectivity index (χ1v) is 7.55. The molecule has 0 aromatic heterocycles. The first kappa shape index (κ1) is 15.4. The number of benzene rings is 1. The largest absolute Gasteiger partial charge is 0.392 e. The molecule has 20 heavy (non-hydrogen) atoms. The van der Waals surface area contributed by atoms with E-state index in [9.17, 15) is 13.9 Å². The van der Waals surface area contributed by atoms with Crippen molar-refractivity contribution >= 4 is 0 Å². The Hall–Kier alpha value is -0.960. The van der Waals surface area contributed by atoms with Gasteiger partial charge in [0, 0.05) is 12.0 Å². The van der Waals surface area contributed by atoms with Crippen LogP contribution in [0, 0.1) is 23.0 Å². The van der Waals surface area contributed by atoms with Gasteiger partial charge in [-0.25, -0.2) is 8.78 Å². The molecule has 1 aromatic carbocycles.